The molecule has 0 saturated carbocycles. The van der Waals surface area contributed by atoms with Crippen LogP contribution in [0, 0.1) is 0 Å². The molecule has 1 aromatic carbocycles. The number of rotatable bonds is 2. The summed E-state index contributed by atoms with van der Waals surface area (Å²) >= 11 is 0. The van der Waals surface area contributed by atoms with E-state index in [2.05, 4.69) is 9.97 Å². The van der Waals surface area contributed by atoms with Gasteiger partial charge in [-0.15, -0.1) is 0 Å². The average molecular weight is 187 g/mol. The van der Waals surface area contributed by atoms with Crippen LogP contribution in [-0.2, 0) is 0 Å². The lowest BCUT2D eigenvalue weighted by molar-refractivity contribution is 0.112. The van der Waals surface area contributed by atoms with Crippen molar-refractivity contribution in [1.82, 2.24) is 9.97 Å². The van der Waals surface area contributed by atoms with E-state index < -0.39 is 0 Å². The number of hydrogen-bond acceptors (Lipinski definition) is 3. The Kier molecular flexibility index (Phi) is 2.02. The summed E-state index contributed by atoms with van der Waals surface area (Å²) in [4.78, 5) is 17.2. The maximum atomic E-state index is 10.4. The molecular formula is C10H9N3O. The fraction of sp³-hybridized carbons (Fsp3) is 0. The van der Waals surface area contributed by atoms with E-state index in [1.807, 2.05) is 12.1 Å². The van der Waals surface area contributed by atoms with E-state index in [9.17, 15) is 4.79 Å². The van der Waals surface area contributed by atoms with Crippen molar-refractivity contribution in [1.29, 1.82) is 0 Å². The zero-order valence-electron chi connectivity index (χ0n) is 7.40. The Bertz CT molecular complexity index is 445. The lowest BCUT2D eigenvalue weighted by atomic mass is 10.1. The van der Waals surface area contributed by atoms with Gasteiger partial charge in [-0.1, -0.05) is 24.3 Å². The van der Waals surface area contributed by atoms with E-state index in [0.29, 0.717) is 11.5 Å². The van der Waals surface area contributed by atoms with Crippen LogP contribution in [0.1, 0.15) is 10.4 Å². The second-order valence-electron chi connectivity index (χ2n) is 2.92. The van der Waals surface area contributed by atoms with Crippen LogP contribution in [0.2, 0.25) is 0 Å². The summed E-state index contributed by atoms with van der Waals surface area (Å²) in [5, 5.41) is 0. The minimum Gasteiger partial charge on any atom is -0.369 e. The van der Waals surface area contributed by atoms with Gasteiger partial charge in [0.15, 0.2) is 5.95 Å². The first kappa shape index (κ1) is 8.50. The minimum atomic E-state index is 0.388. The van der Waals surface area contributed by atoms with Crippen LogP contribution < -0.4 is 5.73 Å². The van der Waals surface area contributed by atoms with E-state index in [1.54, 1.807) is 18.3 Å². The second kappa shape index (κ2) is 3.33. The SMILES string of the molecule is Nc1ncc(-c2ccc(C=O)cc2)[nH]1. The monoisotopic (exact) mass is 187 g/mol. The molecule has 1 heterocycles. The molecule has 2 rings (SSSR count). The van der Waals surface area contributed by atoms with E-state index in [-0.39, 0.29) is 0 Å². The molecule has 0 aliphatic rings. The molecular weight excluding hydrogens is 178 g/mol. The van der Waals surface area contributed by atoms with E-state index >= 15 is 0 Å². The Morgan fingerprint density at radius 1 is 1.29 bits per heavy atom. The van der Waals surface area contributed by atoms with Gasteiger partial charge in [-0.05, 0) is 5.56 Å². The van der Waals surface area contributed by atoms with E-state index in [0.717, 1.165) is 17.5 Å². The fourth-order valence-electron chi connectivity index (χ4n) is 1.22. The highest BCUT2D eigenvalue weighted by atomic mass is 16.1. The van der Waals surface area contributed by atoms with Gasteiger partial charge in [0.25, 0.3) is 0 Å². The number of carbonyl (C=O) groups excluding carboxylic acids is 1. The van der Waals surface area contributed by atoms with Crippen molar-refractivity contribution < 1.29 is 4.79 Å². The smallest absolute Gasteiger partial charge is 0.197 e. The van der Waals surface area contributed by atoms with Crippen molar-refractivity contribution in [3.8, 4) is 11.3 Å². The first-order valence-electron chi connectivity index (χ1n) is 4.15. The molecule has 0 aliphatic heterocycles. The van der Waals surface area contributed by atoms with Crippen molar-refractivity contribution in [3.05, 3.63) is 36.0 Å². The van der Waals surface area contributed by atoms with Crippen LogP contribution in [0.3, 0.4) is 0 Å². The number of benzene rings is 1. The first-order valence-corrected chi connectivity index (χ1v) is 4.15. The van der Waals surface area contributed by atoms with Crippen LogP contribution >= 0.6 is 0 Å². The Balaban J connectivity index is 2.38. The molecule has 1 aromatic heterocycles. The highest BCUT2D eigenvalue weighted by Gasteiger charge is 2.00. The molecule has 0 bridgehead atoms. The molecule has 2 aromatic rings. The highest BCUT2D eigenvalue weighted by molar-refractivity contribution is 5.76. The standard InChI is InChI=1S/C10H9N3O/c11-10-12-5-9(13-10)8-3-1-7(6-14)2-4-8/h1-6H,(H3,11,12,13). The molecule has 0 atom stereocenters. The van der Waals surface area contributed by atoms with E-state index in [1.165, 1.54) is 0 Å². The zero-order valence-corrected chi connectivity index (χ0v) is 7.40. The number of nitrogens with zero attached hydrogens (tertiary/aromatic N) is 1. The Hall–Kier alpha value is -2.10. The van der Waals surface area contributed by atoms with Crippen LogP contribution in [-0.4, -0.2) is 16.3 Å². The molecule has 70 valence electrons. The number of aromatic nitrogens is 2. The van der Waals surface area contributed by atoms with Crippen molar-refractivity contribution in [2.75, 3.05) is 5.73 Å². The molecule has 14 heavy (non-hydrogen) atoms. The van der Waals surface area contributed by atoms with Crippen LogP contribution in [0.5, 0.6) is 0 Å². The summed E-state index contributed by atoms with van der Waals surface area (Å²) in [5.41, 5.74) is 7.91. The highest BCUT2D eigenvalue weighted by Crippen LogP contribution is 2.17. The largest absolute Gasteiger partial charge is 0.369 e. The van der Waals surface area contributed by atoms with Crippen molar-refractivity contribution >= 4 is 12.2 Å². The van der Waals surface area contributed by atoms with Crippen molar-refractivity contribution in [3.63, 3.8) is 0 Å². The van der Waals surface area contributed by atoms with Crippen molar-refractivity contribution in [2.24, 2.45) is 0 Å². The number of H-pyrrole nitrogens is 1. The van der Waals surface area contributed by atoms with Gasteiger partial charge < -0.3 is 10.7 Å². The van der Waals surface area contributed by atoms with Gasteiger partial charge in [0, 0.05) is 5.56 Å². The Morgan fingerprint density at radius 2 is 2.00 bits per heavy atom. The molecule has 4 nitrogen and oxygen atoms in total. The number of nitrogens with two attached hydrogens (primary N) is 1. The number of carbonyl (C=O) groups is 1. The van der Waals surface area contributed by atoms with Gasteiger partial charge in [0.2, 0.25) is 0 Å². The summed E-state index contributed by atoms with van der Waals surface area (Å²) in [7, 11) is 0. The summed E-state index contributed by atoms with van der Waals surface area (Å²) in [6, 6.07) is 7.19. The number of nitrogen functional groups attached to an aromatic ring is 1. The maximum Gasteiger partial charge on any atom is 0.197 e. The molecule has 0 fully saturated rings. The number of aldehydes is 1. The van der Waals surface area contributed by atoms with Gasteiger partial charge in [-0.2, -0.15) is 0 Å². The van der Waals surface area contributed by atoms with Crippen molar-refractivity contribution in [2.45, 2.75) is 0 Å². The van der Waals surface area contributed by atoms with Gasteiger partial charge in [0.05, 0.1) is 11.9 Å². The summed E-state index contributed by atoms with van der Waals surface area (Å²) in [6.07, 6.45) is 2.47. The first-order chi connectivity index (χ1) is 6.79. The van der Waals surface area contributed by atoms with Gasteiger partial charge in [0.1, 0.15) is 6.29 Å². The van der Waals surface area contributed by atoms with Gasteiger partial charge in [-0.25, -0.2) is 4.98 Å². The molecule has 0 saturated heterocycles. The topological polar surface area (TPSA) is 71.8 Å². The Labute approximate surface area is 80.8 Å². The lowest BCUT2D eigenvalue weighted by Crippen LogP contribution is -1.85. The Morgan fingerprint density at radius 3 is 2.50 bits per heavy atom. The maximum absolute atomic E-state index is 10.4. The molecule has 4 heteroatoms. The molecule has 0 unspecified atom stereocenters. The van der Waals surface area contributed by atoms with Crippen LogP contribution in [0.4, 0.5) is 5.95 Å². The third-order valence-electron chi connectivity index (χ3n) is 1.95. The van der Waals surface area contributed by atoms with Crippen LogP contribution in [0.15, 0.2) is 30.5 Å². The summed E-state index contributed by atoms with van der Waals surface area (Å²) < 4.78 is 0. The van der Waals surface area contributed by atoms with Crippen LogP contribution in [0.25, 0.3) is 11.3 Å². The van der Waals surface area contributed by atoms with Gasteiger partial charge >= 0.3 is 0 Å². The molecule has 3 N–H and O–H groups in total. The second-order valence-corrected chi connectivity index (χ2v) is 2.92. The zero-order chi connectivity index (χ0) is 9.97. The number of imidazole rings is 1. The minimum absolute atomic E-state index is 0.388. The molecule has 0 spiro atoms. The lowest BCUT2D eigenvalue weighted by Gasteiger charge is -1.96. The molecule has 0 aliphatic carbocycles. The third kappa shape index (κ3) is 1.50. The van der Waals surface area contributed by atoms with Gasteiger partial charge in [-0.3, -0.25) is 4.79 Å². The fourth-order valence-corrected chi connectivity index (χ4v) is 1.22. The molecule has 0 amide bonds. The number of anilines is 1. The quantitative estimate of drug-likeness (QED) is 0.699. The summed E-state index contributed by atoms with van der Waals surface area (Å²) in [6.45, 7) is 0. The number of hydrogen-bond donors (Lipinski definition) is 2. The normalized spacial score (nSPS) is 10.0. The predicted octanol–water partition coefficient (Wildman–Crippen LogP) is 1.47. The number of aromatic amines is 1. The predicted molar refractivity (Wildman–Crippen MR) is 53.8 cm³/mol. The van der Waals surface area contributed by atoms with E-state index in [4.69, 9.17) is 5.73 Å². The summed E-state index contributed by atoms with van der Waals surface area (Å²) in [5.74, 6) is 0.388. The third-order valence-corrected chi connectivity index (χ3v) is 1.95. The average Bonchev–Trinajstić information content (AvgIpc) is 2.65. The molecule has 0 radical (unpaired) electrons. The number of nitrogens with one attached hydrogen (secondary N) is 1.